The lowest BCUT2D eigenvalue weighted by atomic mass is 10.0. The van der Waals surface area contributed by atoms with E-state index in [9.17, 15) is 8.42 Å². The van der Waals surface area contributed by atoms with Crippen LogP contribution in [-0.4, -0.2) is 18.9 Å². The molecule has 0 atom stereocenters. The number of aromatic nitrogens is 1. The lowest BCUT2D eigenvalue weighted by Gasteiger charge is -2.24. The van der Waals surface area contributed by atoms with Crippen LogP contribution in [0, 0.1) is 6.92 Å². The number of aryl methyl sites for hydroxylation is 1. The minimum atomic E-state index is -3.49. The molecule has 0 radical (unpaired) electrons. The van der Waals surface area contributed by atoms with E-state index in [4.69, 9.17) is 5.73 Å². The zero-order valence-corrected chi connectivity index (χ0v) is 11.6. The van der Waals surface area contributed by atoms with Crippen LogP contribution in [0.4, 0.5) is 5.13 Å². The van der Waals surface area contributed by atoms with Gasteiger partial charge in [-0.05, 0) is 26.7 Å². The number of sulfonamides is 1. The average Bonchev–Trinajstić information content (AvgIpc) is 2.72. The van der Waals surface area contributed by atoms with Gasteiger partial charge in [-0.3, -0.25) is 0 Å². The van der Waals surface area contributed by atoms with E-state index < -0.39 is 10.0 Å². The number of nitrogens with one attached hydrogen (secondary N) is 1. The van der Waals surface area contributed by atoms with E-state index in [-0.39, 0.29) is 9.75 Å². The molecule has 17 heavy (non-hydrogen) atoms. The van der Waals surface area contributed by atoms with Gasteiger partial charge >= 0.3 is 0 Å². The molecule has 0 aliphatic heterocycles. The Morgan fingerprint density at radius 3 is 2.47 bits per heavy atom. The summed E-state index contributed by atoms with van der Waals surface area (Å²) < 4.78 is 27.5. The van der Waals surface area contributed by atoms with E-state index in [2.05, 4.69) is 9.71 Å². The maximum absolute atomic E-state index is 12.2. The second kappa shape index (κ2) is 4.22. The molecule has 0 saturated heterocycles. The van der Waals surface area contributed by atoms with E-state index in [1.54, 1.807) is 6.92 Å². The van der Waals surface area contributed by atoms with Crippen LogP contribution in [0.2, 0.25) is 0 Å². The lowest BCUT2D eigenvalue weighted by molar-refractivity contribution is 0.428. The van der Waals surface area contributed by atoms with Crippen molar-refractivity contribution >= 4 is 26.5 Å². The number of hydrogen-bond donors (Lipinski definition) is 2. The minimum Gasteiger partial charge on any atom is -0.375 e. The predicted molar refractivity (Wildman–Crippen MR) is 68.5 cm³/mol. The standard InChI is InChI=1S/C10H17N3O2S2/c1-7-8(16-9(11)12-7)17(14,15)13-10(2)5-3-4-6-10/h13H,3-6H2,1-2H3,(H2,11,12). The number of anilines is 1. The van der Waals surface area contributed by atoms with Crippen molar-refractivity contribution in [2.24, 2.45) is 0 Å². The molecule has 5 nitrogen and oxygen atoms in total. The summed E-state index contributed by atoms with van der Waals surface area (Å²) in [5, 5.41) is 0.291. The van der Waals surface area contributed by atoms with Crippen molar-refractivity contribution in [3.05, 3.63) is 5.69 Å². The van der Waals surface area contributed by atoms with Gasteiger partial charge in [-0.15, -0.1) is 0 Å². The second-order valence-corrected chi connectivity index (χ2v) is 7.71. The normalized spacial score (nSPS) is 19.6. The smallest absolute Gasteiger partial charge is 0.252 e. The van der Waals surface area contributed by atoms with Crippen molar-refractivity contribution in [1.82, 2.24) is 9.71 Å². The molecule has 96 valence electrons. The molecule has 1 saturated carbocycles. The highest BCUT2D eigenvalue weighted by Gasteiger charge is 2.35. The van der Waals surface area contributed by atoms with Crippen molar-refractivity contribution < 1.29 is 8.42 Å². The largest absolute Gasteiger partial charge is 0.375 e. The average molecular weight is 275 g/mol. The third-order valence-electron chi connectivity index (χ3n) is 3.10. The van der Waals surface area contributed by atoms with Crippen LogP contribution in [0.3, 0.4) is 0 Å². The Balaban J connectivity index is 2.28. The number of nitrogens with two attached hydrogens (primary N) is 1. The van der Waals surface area contributed by atoms with Crippen LogP contribution >= 0.6 is 11.3 Å². The topological polar surface area (TPSA) is 85.1 Å². The Labute approximate surface area is 105 Å². The van der Waals surface area contributed by atoms with E-state index in [0.717, 1.165) is 37.0 Å². The fraction of sp³-hybridized carbons (Fsp3) is 0.700. The van der Waals surface area contributed by atoms with E-state index in [1.807, 2.05) is 6.92 Å². The van der Waals surface area contributed by atoms with Crippen LogP contribution in [-0.2, 0) is 10.0 Å². The molecule has 3 N–H and O–H groups in total. The number of hydrogen-bond acceptors (Lipinski definition) is 5. The number of thiazole rings is 1. The maximum Gasteiger partial charge on any atom is 0.252 e. The molecule has 1 aliphatic rings. The maximum atomic E-state index is 12.2. The fourth-order valence-electron chi connectivity index (χ4n) is 2.28. The molecule has 1 fully saturated rings. The minimum absolute atomic E-state index is 0.239. The van der Waals surface area contributed by atoms with Crippen molar-refractivity contribution in [2.45, 2.75) is 49.3 Å². The summed E-state index contributed by atoms with van der Waals surface area (Å²) in [5.41, 5.74) is 5.69. The molecule has 1 aliphatic carbocycles. The summed E-state index contributed by atoms with van der Waals surface area (Å²) in [7, 11) is -3.49. The summed E-state index contributed by atoms with van der Waals surface area (Å²) in [6.45, 7) is 3.62. The van der Waals surface area contributed by atoms with Gasteiger partial charge in [0, 0.05) is 5.54 Å². The zero-order chi connectivity index (χ0) is 12.7. The van der Waals surface area contributed by atoms with E-state index >= 15 is 0 Å². The lowest BCUT2D eigenvalue weighted by Crippen LogP contribution is -2.43. The van der Waals surface area contributed by atoms with Gasteiger partial charge in [-0.2, -0.15) is 0 Å². The van der Waals surface area contributed by atoms with Crippen molar-refractivity contribution in [1.29, 1.82) is 0 Å². The van der Waals surface area contributed by atoms with Gasteiger partial charge in [0.15, 0.2) is 9.34 Å². The molecule has 1 aromatic heterocycles. The van der Waals surface area contributed by atoms with Crippen LogP contribution in [0.25, 0.3) is 0 Å². The quantitative estimate of drug-likeness (QED) is 0.878. The predicted octanol–water partition coefficient (Wildman–Crippen LogP) is 1.64. The number of nitrogens with zero attached hydrogens (tertiary/aromatic N) is 1. The number of nitrogen functional groups attached to an aromatic ring is 1. The summed E-state index contributed by atoms with van der Waals surface area (Å²) in [6, 6.07) is 0. The van der Waals surface area contributed by atoms with Gasteiger partial charge in [0.1, 0.15) is 0 Å². The first-order chi connectivity index (χ1) is 7.82. The van der Waals surface area contributed by atoms with E-state index in [0.29, 0.717) is 10.8 Å². The van der Waals surface area contributed by atoms with Gasteiger partial charge < -0.3 is 5.73 Å². The van der Waals surface area contributed by atoms with Crippen LogP contribution in [0.15, 0.2) is 4.21 Å². The van der Waals surface area contributed by atoms with E-state index in [1.165, 1.54) is 0 Å². The third-order valence-corrected chi connectivity index (χ3v) is 6.34. The Kier molecular flexibility index (Phi) is 3.17. The molecular formula is C10H17N3O2S2. The molecule has 2 rings (SSSR count). The molecule has 0 amide bonds. The van der Waals surface area contributed by atoms with Crippen LogP contribution in [0.5, 0.6) is 0 Å². The molecule has 0 bridgehead atoms. The van der Waals surface area contributed by atoms with Gasteiger partial charge in [0.25, 0.3) is 10.0 Å². The third kappa shape index (κ3) is 2.61. The van der Waals surface area contributed by atoms with Crippen LogP contribution < -0.4 is 10.5 Å². The first-order valence-corrected chi connectivity index (χ1v) is 7.89. The number of rotatable bonds is 3. The summed E-state index contributed by atoms with van der Waals surface area (Å²) in [6.07, 6.45) is 3.92. The Bertz CT molecular complexity index is 516. The second-order valence-electron chi connectivity index (χ2n) is 4.80. The molecule has 0 unspecified atom stereocenters. The molecule has 7 heteroatoms. The highest BCUT2D eigenvalue weighted by Crippen LogP contribution is 2.32. The van der Waals surface area contributed by atoms with Gasteiger partial charge in [0.05, 0.1) is 5.69 Å². The first kappa shape index (κ1) is 12.8. The van der Waals surface area contributed by atoms with Crippen LogP contribution in [0.1, 0.15) is 38.3 Å². The molecule has 1 heterocycles. The van der Waals surface area contributed by atoms with Crippen molar-refractivity contribution in [3.8, 4) is 0 Å². The SMILES string of the molecule is Cc1nc(N)sc1S(=O)(=O)NC1(C)CCCC1. The highest BCUT2D eigenvalue weighted by atomic mass is 32.2. The van der Waals surface area contributed by atoms with Crippen molar-refractivity contribution in [3.63, 3.8) is 0 Å². The zero-order valence-electron chi connectivity index (χ0n) is 9.99. The Morgan fingerprint density at radius 1 is 1.41 bits per heavy atom. The highest BCUT2D eigenvalue weighted by molar-refractivity contribution is 7.91. The first-order valence-electron chi connectivity index (χ1n) is 5.59. The summed E-state index contributed by atoms with van der Waals surface area (Å²) >= 11 is 1.02. The molecule has 0 spiro atoms. The van der Waals surface area contributed by atoms with Gasteiger partial charge in [-0.1, -0.05) is 24.2 Å². The van der Waals surface area contributed by atoms with Gasteiger partial charge in [0.2, 0.25) is 0 Å². The van der Waals surface area contributed by atoms with Gasteiger partial charge in [-0.25, -0.2) is 18.1 Å². The monoisotopic (exact) mass is 275 g/mol. The summed E-state index contributed by atoms with van der Waals surface area (Å²) in [4.78, 5) is 3.95. The molecular weight excluding hydrogens is 258 g/mol. The Morgan fingerprint density at radius 2 is 2.00 bits per heavy atom. The fourth-order valence-corrected chi connectivity index (χ4v) is 5.05. The molecule has 1 aromatic rings. The molecule has 0 aromatic carbocycles. The van der Waals surface area contributed by atoms with Crippen molar-refractivity contribution in [2.75, 3.05) is 5.73 Å². The Hall–Kier alpha value is -0.660. The summed E-state index contributed by atoms with van der Waals surface area (Å²) in [5.74, 6) is 0.